The summed E-state index contributed by atoms with van der Waals surface area (Å²) in [6.45, 7) is 10.8. The highest BCUT2D eigenvalue weighted by molar-refractivity contribution is 5.79. The number of piperazine rings is 1. The summed E-state index contributed by atoms with van der Waals surface area (Å²) in [6, 6.07) is 8.81. The minimum absolute atomic E-state index is 1.01. The predicted octanol–water partition coefficient (Wildman–Crippen LogP) is 3.40. The lowest BCUT2D eigenvalue weighted by molar-refractivity contribution is 0.155. The van der Waals surface area contributed by atoms with Crippen LogP contribution in [0.3, 0.4) is 0 Å². The highest BCUT2D eigenvalue weighted by atomic mass is 15.3. The van der Waals surface area contributed by atoms with E-state index < -0.39 is 0 Å². The Hall–Kier alpha value is -2.33. The summed E-state index contributed by atoms with van der Waals surface area (Å²) in [7, 11) is 0. The molecule has 3 rings (SSSR count). The van der Waals surface area contributed by atoms with Gasteiger partial charge in [0.25, 0.3) is 0 Å². The van der Waals surface area contributed by atoms with E-state index in [1.165, 1.54) is 22.2 Å². The molecule has 1 aromatic carbocycles. The Bertz CT molecular complexity index is 718. The number of rotatable bonds is 5. The van der Waals surface area contributed by atoms with Gasteiger partial charge in [0.05, 0.1) is 0 Å². The molecule has 1 aliphatic rings. The van der Waals surface area contributed by atoms with Crippen LogP contribution in [0.5, 0.6) is 0 Å². The third-order valence-corrected chi connectivity index (χ3v) is 4.41. The molecule has 1 aromatic heterocycles. The van der Waals surface area contributed by atoms with Crippen LogP contribution in [0.1, 0.15) is 12.5 Å². The van der Waals surface area contributed by atoms with Crippen LogP contribution in [0.4, 0.5) is 0 Å². The zero-order valence-corrected chi connectivity index (χ0v) is 13.7. The van der Waals surface area contributed by atoms with Crippen LogP contribution >= 0.6 is 0 Å². The minimum Gasteiger partial charge on any atom is -0.369 e. The molecule has 0 spiro atoms. The molecule has 1 aliphatic heterocycles. The molecule has 120 valence electrons. The van der Waals surface area contributed by atoms with Crippen LogP contribution in [0.15, 0.2) is 59.5 Å². The van der Waals surface area contributed by atoms with Crippen LogP contribution in [-0.4, -0.2) is 47.7 Å². The maximum atomic E-state index is 3.80. The molecule has 0 saturated carbocycles. The van der Waals surface area contributed by atoms with Crippen molar-refractivity contribution in [3.05, 3.63) is 60.1 Å². The lowest BCUT2D eigenvalue weighted by Gasteiger charge is -2.36. The molecule has 0 bridgehead atoms. The molecule has 0 amide bonds. The number of nitrogens with one attached hydrogen (secondary N) is 1. The lowest BCUT2D eigenvalue weighted by atomic mass is 10.1. The monoisotopic (exact) mass is 308 g/mol. The van der Waals surface area contributed by atoms with Crippen LogP contribution < -0.4 is 0 Å². The second-order valence-electron chi connectivity index (χ2n) is 5.87. The summed E-state index contributed by atoms with van der Waals surface area (Å²) in [5, 5.41) is 1.28. The molecule has 4 nitrogen and oxygen atoms in total. The average Bonchev–Trinajstić information content (AvgIpc) is 3.04. The average molecular weight is 308 g/mol. The normalized spacial score (nSPS) is 17.3. The van der Waals surface area contributed by atoms with Gasteiger partial charge in [0.2, 0.25) is 0 Å². The lowest BCUT2D eigenvalue weighted by Crippen LogP contribution is -2.45. The number of fused-ring (bicyclic) bond motifs is 1. The largest absolute Gasteiger partial charge is 0.369 e. The van der Waals surface area contributed by atoms with Gasteiger partial charge in [0.1, 0.15) is 0 Å². The fourth-order valence-corrected chi connectivity index (χ4v) is 3.13. The van der Waals surface area contributed by atoms with Crippen LogP contribution in [-0.2, 0) is 6.54 Å². The Kier molecular flexibility index (Phi) is 4.93. The first kappa shape index (κ1) is 15.6. The SMILES string of the molecule is C=N/C=C\C(=C/C)N1CCN(Cc2ccc3cc[nH]c3c2)CC1. The fraction of sp³-hybridized carbons (Fsp3) is 0.316. The first-order valence-electron chi connectivity index (χ1n) is 8.12. The molecular weight excluding hydrogens is 284 g/mol. The van der Waals surface area contributed by atoms with Crippen LogP contribution in [0.25, 0.3) is 10.9 Å². The van der Waals surface area contributed by atoms with Crippen molar-refractivity contribution >= 4 is 17.6 Å². The molecule has 0 atom stereocenters. The van der Waals surface area contributed by atoms with E-state index in [0.717, 1.165) is 32.7 Å². The smallest absolute Gasteiger partial charge is 0.0457 e. The third kappa shape index (κ3) is 3.71. The van der Waals surface area contributed by atoms with E-state index in [9.17, 15) is 0 Å². The summed E-state index contributed by atoms with van der Waals surface area (Å²) in [5.74, 6) is 0. The molecule has 23 heavy (non-hydrogen) atoms. The van der Waals surface area contributed by atoms with E-state index in [4.69, 9.17) is 0 Å². The van der Waals surface area contributed by atoms with Gasteiger partial charge in [-0.15, -0.1) is 0 Å². The van der Waals surface area contributed by atoms with E-state index in [-0.39, 0.29) is 0 Å². The van der Waals surface area contributed by atoms with Crippen molar-refractivity contribution in [1.29, 1.82) is 0 Å². The number of nitrogens with zero attached hydrogens (tertiary/aromatic N) is 3. The van der Waals surface area contributed by atoms with Crippen molar-refractivity contribution in [2.75, 3.05) is 26.2 Å². The van der Waals surface area contributed by atoms with Gasteiger partial charge in [-0.25, -0.2) is 0 Å². The minimum atomic E-state index is 1.01. The van der Waals surface area contributed by atoms with Gasteiger partial charge >= 0.3 is 0 Å². The molecule has 2 aromatic rings. The Morgan fingerprint density at radius 3 is 2.83 bits per heavy atom. The number of H-pyrrole nitrogens is 1. The third-order valence-electron chi connectivity index (χ3n) is 4.41. The molecule has 4 heteroatoms. The summed E-state index contributed by atoms with van der Waals surface area (Å²) in [4.78, 5) is 12.0. The van der Waals surface area contributed by atoms with Gasteiger partial charge < -0.3 is 9.88 Å². The van der Waals surface area contributed by atoms with Gasteiger partial charge in [-0.1, -0.05) is 18.2 Å². The van der Waals surface area contributed by atoms with Gasteiger partial charge in [0.15, 0.2) is 0 Å². The summed E-state index contributed by atoms with van der Waals surface area (Å²) in [6.07, 6.45) is 7.92. The van der Waals surface area contributed by atoms with E-state index >= 15 is 0 Å². The zero-order valence-electron chi connectivity index (χ0n) is 13.7. The highest BCUT2D eigenvalue weighted by Gasteiger charge is 2.17. The number of aliphatic imine (C=N–C) groups is 1. The molecule has 0 unspecified atom stereocenters. The van der Waals surface area contributed by atoms with E-state index in [2.05, 4.69) is 63.8 Å². The van der Waals surface area contributed by atoms with Gasteiger partial charge in [-0.2, -0.15) is 0 Å². The topological polar surface area (TPSA) is 34.6 Å². The van der Waals surface area contributed by atoms with Crippen molar-refractivity contribution in [2.24, 2.45) is 4.99 Å². The molecule has 1 N–H and O–H groups in total. The number of hydrogen-bond donors (Lipinski definition) is 1. The molecule has 1 saturated heterocycles. The number of hydrogen-bond acceptors (Lipinski definition) is 3. The van der Waals surface area contributed by atoms with Gasteiger partial charge in [-0.3, -0.25) is 9.89 Å². The molecule has 2 heterocycles. The van der Waals surface area contributed by atoms with Crippen molar-refractivity contribution in [3.63, 3.8) is 0 Å². The summed E-state index contributed by atoms with van der Waals surface area (Å²) < 4.78 is 0. The number of allylic oxidation sites excluding steroid dienone is 2. The fourth-order valence-electron chi connectivity index (χ4n) is 3.13. The number of aromatic amines is 1. The summed E-state index contributed by atoms with van der Waals surface area (Å²) >= 11 is 0. The van der Waals surface area contributed by atoms with E-state index in [1.807, 2.05) is 12.3 Å². The van der Waals surface area contributed by atoms with Gasteiger partial charge in [-0.05, 0) is 42.8 Å². The van der Waals surface area contributed by atoms with E-state index in [0.29, 0.717) is 0 Å². The first-order valence-corrected chi connectivity index (χ1v) is 8.12. The number of benzene rings is 1. The molecular formula is C19H24N4. The van der Waals surface area contributed by atoms with Crippen molar-refractivity contribution < 1.29 is 0 Å². The maximum absolute atomic E-state index is 3.80. The van der Waals surface area contributed by atoms with Crippen LogP contribution in [0.2, 0.25) is 0 Å². The van der Waals surface area contributed by atoms with Crippen LogP contribution in [0, 0.1) is 0 Å². The Morgan fingerprint density at radius 1 is 1.26 bits per heavy atom. The summed E-state index contributed by atoms with van der Waals surface area (Å²) in [5.41, 5.74) is 3.82. The second kappa shape index (κ2) is 7.29. The van der Waals surface area contributed by atoms with Gasteiger partial charge in [0, 0.05) is 56.3 Å². The standard InChI is InChI=1S/C19H24N4/c1-3-18(7-8-20-2)23-12-10-22(11-13-23)15-16-4-5-17-6-9-21-19(17)14-16/h3-9,14,21H,2,10-13,15H2,1H3/b8-7-,18-3+. The van der Waals surface area contributed by atoms with E-state index in [1.54, 1.807) is 6.20 Å². The predicted molar refractivity (Wildman–Crippen MR) is 97.6 cm³/mol. The maximum Gasteiger partial charge on any atom is 0.0457 e. The van der Waals surface area contributed by atoms with Crippen molar-refractivity contribution in [3.8, 4) is 0 Å². The quantitative estimate of drug-likeness (QED) is 0.678. The zero-order chi connectivity index (χ0) is 16.1. The van der Waals surface area contributed by atoms with Crippen molar-refractivity contribution in [1.82, 2.24) is 14.8 Å². The Morgan fingerprint density at radius 2 is 2.09 bits per heavy atom. The highest BCUT2D eigenvalue weighted by Crippen LogP contribution is 2.17. The number of aromatic nitrogens is 1. The molecule has 0 aliphatic carbocycles. The molecule has 1 fully saturated rings. The Balaban J connectivity index is 1.58. The molecule has 0 radical (unpaired) electrons. The Labute approximate surface area is 137 Å². The van der Waals surface area contributed by atoms with Crippen molar-refractivity contribution in [2.45, 2.75) is 13.5 Å². The second-order valence-corrected chi connectivity index (χ2v) is 5.87. The first-order chi connectivity index (χ1) is 11.3.